The summed E-state index contributed by atoms with van der Waals surface area (Å²) in [5.41, 5.74) is 5.34. The van der Waals surface area contributed by atoms with Crippen molar-refractivity contribution in [3.8, 4) is 5.75 Å². The van der Waals surface area contributed by atoms with E-state index in [4.69, 9.17) is 33.7 Å². The van der Waals surface area contributed by atoms with Crippen molar-refractivity contribution in [2.45, 2.75) is 26.2 Å². The Morgan fingerprint density at radius 2 is 2.27 bits per heavy atom. The summed E-state index contributed by atoms with van der Waals surface area (Å²) in [4.78, 5) is 18.0. The molecule has 1 fully saturated rings. The number of aliphatic imine (C=N–C) groups is 1. The largest absolute Gasteiger partial charge is 0.490 e. The lowest BCUT2D eigenvalue weighted by atomic mass is 9.95. The van der Waals surface area contributed by atoms with E-state index in [1.165, 1.54) is 0 Å². The fraction of sp³-hybridized carbons (Fsp3) is 0.556. The third-order valence-electron chi connectivity index (χ3n) is 4.17. The summed E-state index contributed by atoms with van der Waals surface area (Å²) in [5.74, 6) is 1.43. The number of hydrogen-bond donors (Lipinski definition) is 2. The van der Waals surface area contributed by atoms with Gasteiger partial charge in [0, 0.05) is 26.1 Å². The molecule has 1 aromatic rings. The molecule has 2 rings (SSSR count). The van der Waals surface area contributed by atoms with Gasteiger partial charge in [0.05, 0.1) is 11.6 Å². The first-order valence-corrected chi connectivity index (χ1v) is 9.65. The maximum absolute atomic E-state index is 11.2. The van der Waals surface area contributed by atoms with E-state index in [1.807, 2.05) is 6.92 Å². The van der Waals surface area contributed by atoms with Crippen LogP contribution < -0.4 is 15.8 Å². The number of primary amides is 1. The summed E-state index contributed by atoms with van der Waals surface area (Å²) in [6.45, 7) is 5.40. The molecule has 0 saturated carbocycles. The van der Waals surface area contributed by atoms with Crippen LogP contribution in [0.1, 0.15) is 26.2 Å². The number of nitrogens with one attached hydrogen (secondary N) is 1. The van der Waals surface area contributed by atoms with Gasteiger partial charge in [-0.2, -0.15) is 0 Å². The van der Waals surface area contributed by atoms with E-state index in [-0.39, 0.29) is 11.8 Å². The Hall–Kier alpha value is -1.66. The molecule has 1 aliphatic rings. The topological polar surface area (TPSA) is 80.0 Å². The Morgan fingerprint density at radius 3 is 3.00 bits per heavy atom. The Labute approximate surface area is 164 Å². The van der Waals surface area contributed by atoms with E-state index in [1.54, 1.807) is 18.2 Å². The van der Waals surface area contributed by atoms with Crippen molar-refractivity contribution >= 4 is 35.1 Å². The molecule has 0 radical (unpaired) electrons. The number of hydrogen-bond acceptors (Lipinski definition) is 3. The monoisotopic (exact) mass is 400 g/mol. The lowest BCUT2D eigenvalue weighted by Gasteiger charge is -2.34. The summed E-state index contributed by atoms with van der Waals surface area (Å²) in [7, 11) is 0. The SMILES string of the molecule is CCNC(=NCCOc1cccc(Cl)c1Cl)N1CCCC(CC(N)=O)C1. The average molecular weight is 401 g/mol. The third-order valence-corrected chi connectivity index (χ3v) is 4.97. The number of carbonyl (C=O) groups is 1. The van der Waals surface area contributed by atoms with Crippen molar-refractivity contribution in [1.29, 1.82) is 0 Å². The van der Waals surface area contributed by atoms with Gasteiger partial charge < -0.3 is 20.7 Å². The molecular formula is C18H26Cl2N4O2. The smallest absolute Gasteiger partial charge is 0.217 e. The van der Waals surface area contributed by atoms with Crippen molar-refractivity contribution < 1.29 is 9.53 Å². The number of likely N-dealkylation sites (tertiary alicyclic amines) is 1. The zero-order chi connectivity index (χ0) is 18.9. The zero-order valence-electron chi connectivity index (χ0n) is 15.0. The van der Waals surface area contributed by atoms with E-state index < -0.39 is 0 Å². The van der Waals surface area contributed by atoms with E-state index in [9.17, 15) is 4.79 Å². The van der Waals surface area contributed by atoms with Crippen LogP contribution in [0.15, 0.2) is 23.2 Å². The van der Waals surface area contributed by atoms with Gasteiger partial charge in [0.25, 0.3) is 0 Å². The van der Waals surface area contributed by atoms with Gasteiger partial charge in [-0.1, -0.05) is 29.3 Å². The molecule has 3 N–H and O–H groups in total. The van der Waals surface area contributed by atoms with Crippen molar-refractivity contribution in [2.24, 2.45) is 16.6 Å². The van der Waals surface area contributed by atoms with Crippen molar-refractivity contribution in [3.63, 3.8) is 0 Å². The predicted octanol–water partition coefficient (Wildman–Crippen LogP) is 2.93. The summed E-state index contributed by atoms with van der Waals surface area (Å²) >= 11 is 12.1. The van der Waals surface area contributed by atoms with Crippen molar-refractivity contribution in [2.75, 3.05) is 32.8 Å². The Kier molecular flexibility index (Phi) is 8.32. The normalized spacial score (nSPS) is 17.9. The van der Waals surface area contributed by atoms with Crippen LogP contribution in [0.3, 0.4) is 0 Å². The molecule has 8 heteroatoms. The molecule has 1 heterocycles. The number of benzene rings is 1. The molecule has 1 aliphatic heterocycles. The molecule has 1 amide bonds. The summed E-state index contributed by atoms with van der Waals surface area (Å²) < 4.78 is 5.68. The Balaban J connectivity index is 1.91. The van der Waals surface area contributed by atoms with E-state index in [0.29, 0.717) is 35.4 Å². The fourth-order valence-electron chi connectivity index (χ4n) is 3.04. The maximum Gasteiger partial charge on any atom is 0.217 e. The highest BCUT2D eigenvalue weighted by Gasteiger charge is 2.23. The first-order chi connectivity index (χ1) is 12.5. The minimum Gasteiger partial charge on any atom is -0.490 e. The van der Waals surface area contributed by atoms with E-state index >= 15 is 0 Å². The Bertz CT molecular complexity index is 640. The lowest BCUT2D eigenvalue weighted by molar-refractivity contribution is -0.119. The highest BCUT2D eigenvalue weighted by Crippen LogP contribution is 2.31. The third kappa shape index (κ3) is 6.25. The van der Waals surface area contributed by atoms with Crippen molar-refractivity contribution in [1.82, 2.24) is 10.2 Å². The van der Waals surface area contributed by atoms with Crippen LogP contribution in [0.5, 0.6) is 5.75 Å². The molecule has 0 aliphatic carbocycles. The molecule has 0 bridgehead atoms. The highest BCUT2D eigenvalue weighted by atomic mass is 35.5. The van der Waals surface area contributed by atoms with Crippen molar-refractivity contribution in [3.05, 3.63) is 28.2 Å². The predicted molar refractivity (Wildman–Crippen MR) is 106 cm³/mol. The molecule has 1 saturated heterocycles. The molecule has 1 unspecified atom stereocenters. The van der Waals surface area contributed by atoms with Crippen LogP contribution in [0.4, 0.5) is 0 Å². The number of ether oxygens (including phenoxy) is 1. The highest BCUT2D eigenvalue weighted by molar-refractivity contribution is 6.42. The average Bonchev–Trinajstić information content (AvgIpc) is 2.60. The van der Waals surface area contributed by atoms with Crippen LogP contribution in [-0.4, -0.2) is 49.6 Å². The molecule has 6 nitrogen and oxygen atoms in total. The summed E-state index contributed by atoms with van der Waals surface area (Å²) in [6.07, 6.45) is 2.47. The van der Waals surface area contributed by atoms with Gasteiger partial charge in [0.1, 0.15) is 17.4 Å². The van der Waals surface area contributed by atoms with Gasteiger partial charge in [0.15, 0.2) is 5.96 Å². The van der Waals surface area contributed by atoms with Gasteiger partial charge in [-0.05, 0) is 37.8 Å². The molecular weight excluding hydrogens is 375 g/mol. The van der Waals surface area contributed by atoms with Crippen LogP contribution in [-0.2, 0) is 4.79 Å². The number of piperidine rings is 1. The zero-order valence-corrected chi connectivity index (χ0v) is 16.5. The second-order valence-corrected chi connectivity index (χ2v) is 7.05. The summed E-state index contributed by atoms with van der Waals surface area (Å²) in [5, 5.41) is 4.18. The second-order valence-electron chi connectivity index (χ2n) is 6.26. The van der Waals surface area contributed by atoms with Gasteiger partial charge in [-0.15, -0.1) is 0 Å². The van der Waals surface area contributed by atoms with Crippen LogP contribution in [0.25, 0.3) is 0 Å². The number of amides is 1. The van der Waals surface area contributed by atoms with Gasteiger partial charge >= 0.3 is 0 Å². The van der Waals surface area contributed by atoms with Crippen LogP contribution >= 0.6 is 23.2 Å². The molecule has 1 atom stereocenters. The molecule has 1 aromatic carbocycles. The maximum atomic E-state index is 11.2. The number of nitrogens with zero attached hydrogens (tertiary/aromatic N) is 2. The van der Waals surface area contributed by atoms with Gasteiger partial charge in [-0.3, -0.25) is 4.79 Å². The number of rotatable bonds is 7. The first kappa shape index (κ1) is 20.6. The number of halogens is 2. The quantitative estimate of drug-likeness (QED) is 0.418. The van der Waals surface area contributed by atoms with Gasteiger partial charge in [-0.25, -0.2) is 4.99 Å². The van der Waals surface area contributed by atoms with E-state index in [2.05, 4.69) is 15.2 Å². The summed E-state index contributed by atoms with van der Waals surface area (Å²) in [6, 6.07) is 5.29. The number of nitrogens with two attached hydrogens (primary N) is 1. The molecule has 144 valence electrons. The van der Waals surface area contributed by atoms with Crippen LogP contribution in [0, 0.1) is 5.92 Å². The molecule has 26 heavy (non-hydrogen) atoms. The molecule has 0 spiro atoms. The van der Waals surface area contributed by atoms with E-state index in [0.717, 1.165) is 38.4 Å². The number of carbonyl (C=O) groups excluding carboxylic acids is 1. The standard InChI is InChI=1S/C18H26Cl2N4O2/c1-2-22-18(24-9-4-5-13(12-24)11-16(21)25)23-8-10-26-15-7-3-6-14(19)17(15)20/h3,6-7,13H,2,4-5,8-12H2,1H3,(H2,21,25)(H,22,23). The fourth-order valence-corrected chi connectivity index (χ4v) is 3.38. The second kappa shape index (κ2) is 10.5. The molecule has 0 aromatic heterocycles. The minimum atomic E-state index is -0.245. The van der Waals surface area contributed by atoms with Gasteiger partial charge in [0.2, 0.25) is 5.91 Å². The Morgan fingerprint density at radius 1 is 1.46 bits per heavy atom. The number of guanidine groups is 1. The van der Waals surface area contributed by atoms with Crippen LogP contribution in [0.2, 0.25) is 10.0 Å². The minimum absolute atomic E-state index is 0.245. The first-order valence-electron chi connectivity index (χ1n) is 8.89. The lowest BCUT2D eigenvalue weighted by Crippen LogP contribution is -2.47.